The van der Waals surface area contributed by atoms with Crippen LogP contribution in [0.2, 0.25) is 0 Å². The lowest BCUT2D eigenvalue weighted by atomic mass is 10.0. The molecule has 0 saturated carbocycles. The molecule has 1 aromatic heterocycles. The van der Waals surface area contributed by atoms with E-state index in [0.29, 0.717) is 5.75 Å². The Bertz CT molecular complexity index is 877. The second-order valence-corrected chi connectivity index (χ2v) is 8.19. The molecule has 1 heterocycles. The van der Waals surface area contributed by atoms with Crippen molar-refractivity contribution in [3.63, 3.8) is 0 Å². The summed E-state index contributed by atoms with van der Waals surface area (Å²) in [7, 11) is 0. The van der Waals surface area contributed by atoms with Gasteiger partial charge in [-0.05, 0) is 54.8 Å². The minimum atomic E-state index is -0.256. The van der Waals surface area contributed by atoms with Gasteiger partial charge in [-0.3, -0.25) is 9.78 Å². The number of nitrogens with zero attached hydrogens (tertiary/aromatic N) is 1. The van der Waals surface area contributed by atoms with Crippen molar-refractivity contribution < 1.29 is 4.79 Å². The van der Waals surface area contributed by atoms with Crippen LogP contribution in [0.5, 0.6) is 0 Å². The van der Waals surface area contributed by atoms with E-state index in [1.54, 1.807) is 18.0 Å². The van der Waals surface area contributed by atoms with E-state index in [1.807, 2.05) is 48.5 Å². The maximum absolute atomic E-state index is 12.7. The molecule has 0 spiro atoms. The number of amides is 1. The number of aromatic nitrogens is 1. The third-order valence-corrected chi connectivity index (χ3v) is 6.25. The second kappa shape index (κ2) is 9.20. The standard InChI is InChI=1S/C22H21BrN2OS/c1-15-13-20(16(2)12-18(15)23)27-14-21(26)25-22(17-8-4-3-5-9-17)19-10-6-7-11-24-19/h3-13,22H,14H2,1-2H3,(H,25,26). The number of aryl methyl sites for hydroxylation is 2. The molecule has 0 aliphatic carbocycles. The molecule has 1 unspecified atom stereocenters. The highest BCUT2D eigenvalue weighted by Crippen LogP contribution is 2.28. The molecule has 1 N–H and O–H groups in total. The molecule has 3 nitrogen and oxygen atoms in total. The molecule has 1 amide bonds. The molecule has 27 heavy (non-hydrogen) atoms. The molecule has 138 valence electrons. The van der Waals surface area contributed by atoms with Crippen LogP contribution >= 0.6 is 27.7 Å². The number of rotatable bonds is 6. The van der Waals surface area contributed by atoms with Crippen LogP contribution in [0.3, 0.4) is 0 Å². The lowest BCUT2D eigenvalue weighted by Gasteiger charge is -2.19. The normalized spacial score (nSPS) is 11.8. The molecule has 0 aliphatic rings. The molecule has 0 saturated heterocycles. The maximum atomic E-state index is 12.7. The molecule has 2 aromatic carbocycles. The number of pyridine rings is 1. The lowest BCUT2D eigenvalue weighted by Crippen LogP contribution is -2.31. The Morgan fingerprint density at radius 3 is 2.52 bits per heavy atom. The number of hydrogen-bond donors (Lipinski definition) is 1. The van der Waals surface area contributed by atoms with Crippen molar-refractivity contribution in [2.75, 3.05) is 5.75 Å². The molecule has 0 bridgehead atoms. The van der Waals surface area contributed by atoms with E-state index >= 15 is 0 Å². The van der Waals surface area contributed by atoms with Crippen LogP contribution in [0.15, 0.2) is 76.2 Å². The van der Waals surface area contributed by atoms with Crippen LogP contribution in [0.1, 0.15) is 28.4 Å². The number of halogens is 1. The summed E-state index contributed by atoms with van der Waals surface area (Å²) in [4.78, 5) is 18.2. The van der Waals surface area contributed by atoms with Gasteiger partial charge in [0.05, 0.1) is 17.5 Å². The first-order valence-electron chi connectivity index (χ1n) is 8.69. The van der Waals surface area contributed by atoms with E-state index in [-0.39, 0.29) is 11.9 Å². The lowest BCUT2D eigenvalue weighted by molar-refractivity contribution is -0.119. The van der Waals surface area contributed by atoms with Crippen LogP contribution in [0.4, 0.5) is 0 Å². The largest absolute Gasteiger partial charge is 0.343 e. The molecule has 0 fully saturated rings. The van der Waals surface area contributed by atoms with Crippen molar-refractivity contribution >= 4 is 33.6 Å². The van der Waals surface area contributed by atoms with Crippen LogP contribution < -0.4 is 5.32 Å². The predicted molar refractivity (Wildman–Crippen MR) is 115 cm³/mol. The number of thioether (sulfide) groups is 1. The van der Waals surface area contributed by atoms with E-state index in [4.69, 9.17) is 0 Å². The van der Waals surface area contributed by atoms with Gasteiger partial charge in [0.25, 0.3) is 0 Å². The fourth-order valence-corrected chi connectivity index (χ4v) is 4.15. The van der Waals surface area contributed by atoms with Gasteiger partial charge in [0, 0.05) is 15.6 Å². The smallest absolute Gasteiger partial charge is 0.231 e. The Balaban J connectivity index is 1.73. The van der Waals surface area contributed by atoms with Crippen molar-refractivity contribution in [1.29, 1.82) is 0 Å². The van der Waals surface area contributed by atoms with Gasteiger partial charge in [-0.1, -0.05) is 52.3 Å². The number of hydrogen-bond acceptors (Lipinski definition) is 3. The maximum Gasteiger partial charge on any atom is 0.231 e. The number of nitrogens with one attached hydrogen (secondary N) is 1. The first-order chi connectivity index (χ1) is 13.0. The molecule has 0 aliphatic heterocycles. The van der Waals surface area contributed by atoms with Gasteiger partial charge in [0.15, 0.2) is 0 Å². The summed E-state index contributed by atoms with van der Waals surface area (Å²) in [6.07, 6.45) is 1.75. The Labute approximate surface area is 172 Å². The highest BCUT2D eigenvalue weighted by Gasteiger charge is 2.18. The van der Waals surface area contributed by atoms with Crippen molar-refractivity contribution in [3.8, 4) is 0 Å². The predicted octanol–water partition coefficient (Wildman–Crippen LogP) is 5.46. The zero-order valence-electron chi connectivity index (χ0n) is 15.3. The minimum absolute atomic E-state index is 0.0144. The van der Waals surface area contributed by atoms with Gasteiger partial charge >= 0.3 is 0 Å². The minimum Gasteiger partial charge on any atom is -0.343 e. The zero-order valence-corrected chi connectivity index (χ0v) is 17.7. The topological polar surface area (TPSA) is 42.0 Å². The van der Waals surface area contributed by atoms with Gasteiger partial charge in [-0.15, -0.1) is 11.8 Å². The van der Waals surface area contributed by atoms with Crippen molar-refractivity contribution in [1.82, 2.24) is 10.3 Å². The average molecular weight is 441 g/mol. The molecule has 3 rings (SSSR count). The van der Waals surface area contributed by atoms with Crippen LogP contribution in [0, 0.1) is 13.8 Å². The highest BCUT2D eigenvalue weighted by atomic mass is 79.9. The number of benzene rings is 2. The Hall–Kier alpha value is -2.11. The van der Waals surface area contributed by atoms with Gasteiger partial charge in [0.1, 0.15) is 0 Å². The van der Waals surface area contributed by atoms with Crippen LogP contribution in [-0.2, 0) is 4.79 Å². The molecular formula is C22H21BrN2OS. The van der Waals surface area contributed by atoms with Gasteiger partial charge in [-0.25, -0.2) is 0 Å². The third kappa shape index (κ3) is 5.21. The second-order valence-electron chi connectivity index (χ2n) is 6.32. The number of carbonyl (C=O) groups excluding carboxylic acids is 1. The van der Waals surface area contributed by atoms with E-state index in [0.717, 1.165) is 26.2 Å². The quantitative estimate of drug-likeness (QED) is 0.517. The molecule has 5 heteroatoms. The van der Waals surface area contributed by atoms with Crippen molar-refractivity contribution in [3.05, 3.63) is 93.7 Å². The van der Waals surface area contributed by atoms with Crippen LogP contribution in [0.25, 0.3) is 0 Å². The summed E-state index contributed by atoms with van der Waals surface area (Å²) in [6.45, 7) is 4.12. The molecule has 0 radical (unpaired) electrons. The Kier molecular flexibility index (Phi) is 6.69. The summed E-state index contributed by atoms with van der Waals surface area (Å²) >= 11 is 5.11. The monoisotopic (exact) mass is 440 g/mol. The fraction of sp³-hybridized carbons (Fsp3) is 0.182. The number of carbonyl (C=O) groups is 1. The van der Waals surface area contributed by atoms with Gasteiger partial charge < -0.3 is 5.32 Å². The van der Waals surface area contributed by atoms with E-state index in [9.17, 15) is 4.79 Å². The zero-order chi connectivity index (χ0) is 19.2. The highest BCUT2D eigenvalue weighted by molar-refractivity contribution is 9.10. The fourth-order valence-electron chi connectivity index (χ4n) is 2.78. The van der Waals surface area contributed by atoms with E-state index in [1.165, 1.54) is 5.56 Å². The summed E-state index contributed by atoms with van der Waals surface area (Å²) in [5, 5.41) is 3.13. The van der Waals surface area contributed by atoms with Crippen molar-refractivity contribution in [2.24, 2.45) is 0 Å². The molecular weight excluding hydrogens is 420 g/mol. The van der Waals surface area contributed by atoms with E-state index < -0.39 is 0 Å². The van der Waals surface area contributed by atoms with Gasteiger partial charge in [0.2, 0.25) is 5.91 Å². The summed E-state index contributed by atoms with van der Waals surface area (Å²) in [5.74, 6) is 0.345. The third-order valence-electron chi connectivity index (χ3n) is 4.24. The first kappa shape index (κ1) is 19.6. The molecule has 1 atom stereocenters. The molecule has 3 aromatic rings. The summed E-state index contributed by atoms with van der Waals surface area (Å²) in [6, 6.07) is 19.6. The SMILES string of the molecule is Cc1cc(SCC(=O)NC(c2ccccc2)c2ccccn2)c(C)cc1Br. The van der Waals surface area contributed by atoms with E-state index in [2.05, 4.69) is 52.2 Å². The summed E-state index contributed by atoms with van der Waals surface area (Å²) < 4.78 is 1.09. The average Bonchev–Trinajstić information content (AvgIpc) is 2.69. The first-order valence-corrected chi connectivity index (χ1v) is 10.5. The Morgan fingerprint density at radius 1 is 1.07 bits per heavy atom. The van der Waals surface area contributed by atoms with Gasteiger partial charge in [-0.2, -0.15) is 0 Å². The van der Waals surface area contributed by atoms with Crippen LogP contribution in [-0.4, -0.2) is 16.6 Å². The Morgan fingerprint density at radius 2 is 1.81 bits per heavy atom. The summed E-state index contributed by atoms with van der Waals surface area (Å²) in [5.41, 5.74) is 4.18. The van der Waals surface area contributed by atoms with Crippen molar-refractivity contribution in [2.45, 2.75) is 24.8 Å².